The number of aromatic nitrogens is 1. The van der Waals surface area contributed by atoms with Crippen molar-refractivity contribution >= 4 is 5.57 Å². The van der Waals surface area contributed by atoms with Gasteiger partial charge in [-0.15, -0.1) is 0 Å². The van der Waals surface area contributed by atoms with Gasteiger partial charge in [-0.05, 0) is 24.6 Å². The Labute approximate surface area is 67.1 Å². The predicted molar refractivity (Wildman–Crippen MR) is 48.1 cm³/mol. The van der Waals surface area contributed by atoms with E-state index in [-0.39, 0.29) is 0 Å². The molecular weight excluding hydrogens is 134 g/mol. The minimum absolute atomic E-state index is 0.977. The minimum atomic E-state index is 0.977. The molecule has 11 heavy (non-hydrogen) atoms. The summed E-state index contributed by atoms with van der Waals surface area (Å²) >= 11 is 0. The Kier molecular flexibility index (Phi) is 2.61. The molecule has 0 fully saturated rings. The molecule has 0 amide bonds. The maximum Gasteiger partial charge on any atom is 0.0698 e. The molecule has 0 atom stereocenters. The van der Waals surface area contributed by atoms with Crippen LogP contribution < -0.4 is 0 Å². The van der Waals surface area contributed by atoms with E-state index in [1.165, 1.54) is 0 Å². The van der Waals surface area contributed by atoms with E-state index < -0.39 is 0 Å². The van der Waals surface area contributed by atoms with Crippen LogP contribution in [0.2, 0.25) is 0 Å². The molecule has 0 spiro atoms. The van der Waals surface area contributed by atoms with Gasteiger partial charge in [0.15, 0.2) is 0 Å². The van der Waals surface area contributed by atoms with Gasteiger partial charge in [-0.1, -0.05) is 24.8 Å². The van der Waals surface area contributed by atoms with Crippen molar-refractivity contribution in [3.05, 3.63) is 48.8 Å². The molecular formula is C10H11N. The zero-order valence-electron chi connectivity index (χ0n) is 6.62. The summed E-state index contributed by atoms with van der Waals surface area (Å²) in [5.74, 6) is 0. The Morgan fingerprint density at radius 1 is 1.55 bits per heavy atom. The number of hydrogen-bond acceptors (Lipinski definition) is 1. The number of nitrogens with zero attached hydrogens (tertiary/aromatic N) is 1. The zero-order chi connectivity index (χ0) is 8.10. The summed E-state index contributed by atoms with van der Waals surface area (Å²) in [4.78, 5) is 4.18. The second-order valence-corrected chi connectivity index (χ2v) is 2.16. The molecule has 0 aliphatic rings. The Morgan fingerprint density at radius 2 is 2.36 bits per heavy atom. The van der Waals surface area contributed by atoms with E-state index in [9.17, 15) is 0 Å². The predicted octanol–water partition coefficient (Wildman–Crippen LogP) is 2.67. The van der Waals surface area contributed by atoms with Gasteiger partial charge in [0, 0.05) is 6.20 Å². The highest BCUT2D eigenvalue weighted by Gasteiger charge is 1.93. The van der Waals surface area contributed by atoms with Crippen LogP contribution in [0.3, 0.4) is 0 Å². The fourth-order valence-electron chi connectivity index (χ4n) is 0.904. The van der Waals surface area contributed by atoms with Crippen molar-refractivity contribution in [3.8, 4) is 0 Å². The van der Waals surface area contributed by atoms with Gasteiger partial charge in [0.25, 0.3) is 0 Å². The van der Waals surface area contributed by atoms with Gasteiger partial charge in [-0.2, -0.15) is 0 Å². The van der Waals surface area contributed by atoms with E-state index in [1.807, 2.05) is 37.3 Å². The van der Waals surface area contributed by atoms with Crippen LogP contribution in [-0.4, -0.2) is 4.98 Å². The van der Waals surface area contributed by atoms with Crippen LogP contribution in [0.4, 0.5) is 0 Å². The maximum atomic E-state index is 4.18. The fraction of sp³-hybridized carbons (Fsp3) is 0.100. The van der Waals surface area contributed by atoms with Gasteiger partial charge < -0.3 is 0 Å². The van der Waals surface area contributed by atoms with Crippen LogP contribution in [-0.2, 0) is 0 Å². The monoisotopic (exact) mass is 145 g/mol. The summed E-state index contributed by atoms with van der Waals surface area (Å²) in [6, 6.07) is 5.84. The third kappa shape index (κ3) is 1.77. The molecule has 1 rings (SSSR count). The molecule has 56 valence electrons. The molecule has 0 aliphatic heterocycles. The summed E-state index contributed by atoms with van der Waals surface area (Å²) < 4.78 is 0. The number of allylic oxidation sites excluding steroid dienone is 3. The number of pyridine rings is 1. The summed E-state index contributed by atoms with van der Waals surface area (Å²) in [7, 11) is 0. The van der Waals surface area contributed by atoms with Gasteiger partial charge >= 0.3 is 0 Å². The molecule has 1 nitrogen and oxygen atoms in total. The smallest absolute Gasteiger partial charge is 0.0698 e. The van der Waals surface area contributed by atoms with Crippen molar-refractivity contribution in [2.75, 3.05) is 0 Å². The first-order chi connectivity index (χ1) is 5.38. The lowest BCUT2D eigenvalue weighted by Gasteiger charge is -1.97. The lowest BCUT2D eigenvalue weighted by atomic mass is 10.1. The normalized spacial score (nSPS) is 11.2. The van der Waals surface area contributed by atoms with E-state index in [2.05, 4.69) is 11.6 Å². The van der Waals surface area contributed by atoms with Gasteiger partial charge in [0.2, 0.25) is 0 Å². The van der Waals surface area contributed by atoms with E-state index in [4.69, 9.17) is 0 Å². The maximum absolute atomic E-state index is 4.18. The summed E-state index contributed by atoms with van der Waals surface area (Å²) in [5, 5.41) is 0. The van der Waals surface area contributed by atoms with Crippen molar-refractivity contribution in [3.63, 3.8) is 0 Å². The third-order valence-electron chi connectivity index (χ3n) is 1.49. The van der Waals surface area contributed by atoms with Gasteiger partial charge in [-0.25, -0.2) is 0 Å². The fourth-order valence-corrected chi connectivity index (χ4v) is 0.904. The van der Waals surface area contributed by atoms with Crippen LogP contribution >= 0.6 is 0 Å². The average molecular weight is 145 g/mol. The Hall–Kier alpha value is -1.37. The second-order valence-electron chi connectivity index (χ2n) is 2.16. The highest BCUT2D eigenvalue weighted by Crippen LogP contribution is 2.10. The lowest BCUT2D eigenvalue weighted by molar-refractivity contribution is 1.28. The highest BCUT2D eigenvalue weighted by atomic mass is 14.7. The first-order valence-corrected chi connectivity index (χ1v) is 3.58. The molecule has 1 heteroatoms. The molecule has 1 aromatic heterocycles. The van der Waals surface area contributed by atoms with E-state index in [0.29, 0.717) is 0 Å². The average Bonchev–Trinajstić information content (AvgIpc) is 2.09. The molecule has 0 N–H and O–H groups in total. The largest absolute Gasteiger partial charge is 0.256 e. The van der Waals surface area contributed by atoms with E-state index >= 15 is 0 Å². The van der Waals surface area contributed by atoms with Crippen LogP contribution in [0.5, 0.6) is 0 Å². The van der Waals surface area contributed by atoms with E-state index in [0.717, 1.165) is 11.3 Å². The van der Waals surface area contributed by atoms with Crippen molar-refractivity contribution in [1.82, 2.24) is 4.98 Å². The Balaban J connectivity index is 3.01. The lowest BCUT2D eigenvalue weighted by Crippen LogP contribution is -1.83. The van der Waals surface area contributed by atoms with E-state index in [1.54, 1.807) is 6.20 Å². The van der Waals surface area contributed by atoms with Crippen molar-refractivity contribution in [2.45, 2.75) is 6.92 Å². The zero-order valence-corrected chi connectivity index (χ0v) is 6.62. The molecule has 0 bridgehead atoms. The second kappa shape index (κ2) is 3.71. The molecule has 0 aromatic carbocycles. The minimum Gasteiger partial charge on any atom is -0.256 e. The van der Waals surface area contributed by atoms with Gasteiger partial charge in [0.1, 0.15) is 0 Å². The van der Waals surface area contributed by atoms with Crippen molar-refractivity contribution < 1.29 is 0 Å². The molecule has 0 radical (unpaired) electrons. The van der Waals surface area contributed by atoms with Crippen LogP contribution in [0.15, 0.2) is 43.1 Å². The Bertz CT molecular complexity index is 259. The number of rotatable bonds is 2. The first kappa shape index (κ1) is 7.73. The van der Waals surface area contributed by atoms with Crippen molar-refractivity contribution in [2.24, 2.45) is 0 Å². The quantitative estimate of drug-likeness (QED) is 0.583. The summed E-state index contributed by atoms with van der Waals surface area (Å²) in [6.07, 6.45) is 5.58. The van der Waals surface area contributed by atoms with Crippen LogP contribution in [0.25, 0.3) is 5.57 Å². The van der Waals surface area contributed by atoms with Gasteiger partial charge in [0.05, 0.1) is 5.69 Å². The molecule has 0 saturated carbocycles. The van der Waals surface area contributed by atoms with Crippen LogP contribution in [0.1, 0.15) is 12.6 Å². The Morgan fingerprint density at radius 3 is 2.82 bits per heavy atom. The molecule has 1 heterocycles. The summed E-state index contributed by atoms with van der Waals surface area (Å²) in [6.45, 7) is 5.68. The molecule has 0 saturated heterocycles. The standard InChI is InChI=1S/C10H11N/c1-3-9(4-2)10-7-5-6-8-11-10/h3-8H,1H2,2H3. The molecule has 1 aromatic rings. The first-order valence-electron chi connectivity index (χ1n) is 3.58. The molecule has 0 aliphatic carbocycles. The van der Waals surface area contributed by atoms with Crippen molar-refractivity contribution in [1.29, 1.82) is 0 Å². The SMILES string of the molecule is C=CC(=CC)c1ccccn1. The number of hydrogen-bond donors (Lipinski definition) is 0. The topological polar surface area (TPSA) is 12.9 Å². The van der Waals surface area contributed by atoms with Crippen LogP contribution in [0, 0.1) is 0 Å². The van der Waals surface area contributed by atoms with Gasteiger partial charge in [-0.3, -0.25) is 4.98 Å². The molecule has 0 unspecified atom stereocenters. The third-order valence-corrected chi connectivity index (χ3v) is 1.49. The highest BCUT2D eigenvalue weighted by molar-refractivity contribution is 5.70. The summed E-state index contributed by atoms with van der Waals surface area (Å²) in [5.41, 5.74) is 2.05.